The highest BCUT2D eigenvalue weighted by Crippen LogP contribution is 2.38. The average Bonchev–Trinajstić information content (AvgIpc) is 3.04. The number of unbranched alkanes of at least 4 members (excludes halogenated alkanes) is 2. The SMILES string of the molecule is C=C(C(=O)OCC(CCc1ccc(-c2ccc(C3CCC(CCCCC)CC3)cc2)cc1)COC(=O)C(=C)C(C)O)C(C)O. The summed E-state index contributed by atoms with van der Waals surface area (Å²) >= 11 is 0. The van der Waals surface area contributed by atoms with Gasteiger partial charge in [0.1, 0.15) is 0 Å². The molecule has 0 heterocycles. The zero-order valence-electron chi connectivity index (χ0n) is 26.9. The van der Waals surface area contributed by atoms with Crippen molar-refractivity contribution in [3.8, 4) is 11.1 Å². The van der Waals surface area contributed by atoms with Crippen LogP contribution in [0.1, 0.15) is 95.6 Å². The summed E-state index contributed by atoms with van der Waals surface area (Å²) in [6.45, 7) is 12.3. The number of hydrogen-bond donors (Lipinski definition) is 2. The minimum atomic E-state index is -1.01. The van der Waals surface area contributed by atoms with Gasteiger partial charge in [-0.3, -0.25) is 0 Å². The average molecular weight is 605 g/mol. The maximum Gasteiger partial charge on any atom is 0.336 e. The van der Waals surface area contributed by atoms with E-state index in [4.69, 9.17) is 9.47 Å². The summed E-state index contributed by atoms with van der Waals surface area (Å²) < 4.78 is 10.7. The predicted octanol–water partition coefficient (Wildman–Crippen LogP) is 7.72. The van der Waals surface area contributed by atoms with Crippen LogP contribution in [0.25, 0.3) is 11.1 Å². The van der Waals surface area contributed by atoms with Gasteiger partial charge in [-0.1, -0.05) is 94.3 Å². The molecular weight excluding hydrogens is 552 g/mol. The Hall–Kier alpha value is -3.22. The topological polar surface area (TPSA) is 93.1 Å². The van der Waals surface area contributed by atoms with Gasteiger partial charge in [-0.25, -0.2) is 9.59 Å². The highest BCUT2D eigenvalue weighted by molar-refractivity contribution is 5.89. The van der Waals surface area contributed by atoms with E-state index in [0.29, 0.717) is 18.8 Å². The first kappa shape index (κ1) is 35.3. The Morgan fingerprint density at radius 2 is 1.30 bits per heavy atom. The van der Waals surface area contributed by atoms with Crippen molar-refractivity contribution in [3.05, 3.63) is 84.0 Å². The molecule has 1 aliphatic carbocycles. The van der Waals surface area contributed by atoms with Crippen molar-refractivity contribution in [3.63, 3.8) is 0 Å². The molecule has 44 heavy (non-hydrogen) atoms. The molecule has 0 bridgehead atoms. The maximum atomic E-state index is 12.2. The first-order valence-corrected chi connectivity index (χ1v) is 16.4. The predicted molar refractivity (Wildman–Crippen MR) is 176 cm³/mol. The van der Waals surface area contributed by atoms with E-state index in [2.05, 4.69) is 68.6 Å². The molecule has 6 nitrogen and oxygen atoms in total. The number of hydrogen-bond acceptors (Lipinski definition) is 6. The maximum absolute atomic E-state index is 12.2. The van der Waals surface area contributed by atoms with Crippen molar-refractivity contribution < 1.29 is 29.3 Å². The molecule has 1 aliphatic rings. The van der Waals surface area contributed by atoms with Gasteiger partial charge in [-0.2, -0.15) is 0 Å². The number of rotatable bonds is 17. The van der Waals surface area contributed by atoms with Gasteiger partial charge in [0, 0.05) is 5.92 Å². The molecule has 6 heteroatoms. The number of esters is 2. The molecule has 2 aromatic rings. The number of ether oxygens (including phenoxy) is 2. The molecule has 240 valence electrons. The highest BCUT2D eigenvalue weighted by atomic mass is 16.5. The molecular formula is C38H52O6. The molecule has 0 aromatic heterocycles. The van der Waals surface area contributed by atoms with Crippen LogP contribution in [0.15, 0.2) is 72.8 Å². The normalized spacial score (nSPS) is 18.6. The highest BCUT2D eigenvalue weighted by Gasteiger charge is 2.23. The second kappa shape index (κ2) is 17.9. The molecule has 0 radical (unpaired) electrons. The Labute approximate surface area is 264 Å². The number of carbonyl (C=O) groups excluding carboxylic acids is 2. The van der Waals surface area contributed by atoms with Crippen LogP contribution in [0.2, 0.25) is 0 Å². The summed E-state index contributed by atoms with van der Waals surface area (Å²) in [4.78, 5) is 24.4. The monoisotopic (exact) mass is 604 g/mol. The van der Waals surface area contributed by atoms with E-state index >= 15 is 0 Å². The fraction of sp³-hybridized carbons (Fsp3) is 0.526. The summed E-state index contributed by atoms with van der Waals surface area (Å²) in [5.74, 6) is -0.0629. The third kappa shape index (κ3) is 11.0. The molecule has 0 amide bonds. The fourth-order valence-electron chi connectivity index (χ4n) is 5.78. The van der Waals surface area contributed by atoms with Crippen molar-refractivity contribution in [1.29, 1.82) is 0 Å². The standard InChI is InChI=1S/C38H52O6/c1-6-7-8-9-30-12-16-33(17-13-30)35-20-22-36(23-21-35)34-18-14-31(15-19-34)10-11-32(24-43-37(41)26(2)28(4)39)25-44-38(42)27(3)29(5)40/h14-15,18-23,28-30,32-33,39-40H,2-3,6-13,16-17,24-25H2,1,4-5H3. The molecule has 0 spiro atoms. The van der Waals surface area contributed by atoms with E-state index in [1.807, 2.05) is 0 Å². The summed E-state index contributed by atoms with van der Waals surface area (Å²) in [5, 5.41) is 19.2. The molecule has 3 rings (SSSR count). The zero-order chi connectivity index (χ0) is 32.1. The molecule has 1 saturated carbocycles. The first-order valence-electron chi connectivity index (χ1n) is 16.4. The van der Waals surface area contributed by atoms with E-state index in [9.17, 15) is 19.8 Å². The summed E-state index contributed by atoms with van der Waals surface area (Å²) in [6, 6.07) is 17.5. The van der Waals surface area contributed by atoms with Crippen LogP contribution in [0.5, 0.6) is 0 Å². The van der Waals surface area contributed by atoms with Crippen LogP contribution in [0.4, 0.5) is 0 Å². The lowest BCUT2D eigenvalue weighted by atomic mass is 9.77. The minimum absolute atomic E-state index is 0.00392. The lowest BCUT2D eigenvalue weighted by molar-refractivity contribution is -0.145. The Bertz CT molecular complexity index is 1170. The molecule has 2 atom stereocenters. The Kier molecular flexibility index (Phi) is 14.4. The number of benzene rings is 2. The van der Waals surface area contributed by atoms with Gasteiger partial charge in [0.05, 0.1) is 36.6 Å². The van der Waals surface area contributed by atoms with Gasteiger partial charge < -0.3 is 19.7 Å². The second-order valence-electron chi connectivity index (χ2n) is 12.5. The van der Waals surface area contributed by atoms with E-state index in [1.165, 1.54) is 76.3 Å². The minimum Gasteiger partial charge on any atom is -0.462 e. The van der Waals surface area contributed by atoms with Crippen molar-refractivity contribution >= 4 is 11.9 Å². The Balaban J connectivity index is 1.54. The third-order valence-corrected chi connectivity index (χ3v) is 9.01. The molecule has 2 unspecified atom stereocenters. The van der Waals surface area contributed by atoms with E-state index in [1.54, 1.807) is 0 Å². The van der Waals surface area contributed by atoms with Crippen molar-refractivity contribution in [2.75, 3.05) is 13.2 Å². The Morgan fingerprint density at radius 1 is 0.795 bits per heavy atom. The summed E-state index contributed by atoms with van der Waals surface area (Å²) in [7, 11) is 0. The van der Waals surface area contributed by atoms with Crippen molar-refractivity contribution in [2.24, 2.45) is 11.8 Å². The molecule has 0 saturated heterocycles. The van der Waals surface area contributed by atoms with Crippen LogP contribution < -0.4 is 0 Å². The van der Waals surface area contributed by atoms with E-state index < -0.39 is 24.1 Å². The lowest BCUT2D eigenvalue weighted by Gasteiger charge is -2.29. The van der Waals surface area contributed by atoms with Crippen molar-refractivity contribution in [1.82, 2.24) is 0 Å². The van der Waals surface area contributed by atoms with E-state index in [-0.39, 0.29) is 30.3 Å². The van der Waals surface area contributed by atoms with Gasteiger partial charge in [0.25, 0.3) is 0 Å². The fourth-order valence-corrected chi connectivity index (χ4v) is 5.78. The molecule has 0 aliphatic heterocycles. The number of aryl methyl sites for hydroxylation is 1. The van der Waals surface area contributed by atoms with Gasteiger partial charge in [0.2, 0.25) is 0 Å². The van der Waals surface area contributed by atoms with Gasteiger partial charge in [-0.15, -0.1) is 0 Å². The molecule has 1 fully saturated rings. The summed E-state index contributed by atoms with van der Waals surface area (Å²) in [6.07, 6.45) is 10.0. The summed E-state index contributed by atoms with van der Waals surface area (Å²) in [5.41, 5.74) is 4.87. The van der Waals surface area contributed by atoms with Crippen molar-refractivity contribution in [2.45, 2.75) is 103 Å². The second-order valence-corrected chi connectivity index (χ2v) is 12.5. The lowest BCUT2D eigenvalue weighted by Crippen LogP contribution is -2.25. The Morgan fingerprint density at radius 3 is 1.77 bits per heavy atom. The van der Waals surface area contributed by atoms with Gasteiger partial charge in [-0.05, 0) is 86.5 Å². The van der Waals surface area contributed by atoms with Crippen LogP contribution >= 0.6 is 0 Å². The molecule has 2 aromatic carbocycles. The quantitative estimate of drug-likeness (QED) is 0.109. The van der Waals surface area contributed by atoms with Crippen LogP contribution in [0.3, 0.4) is 0 Å². The van der Waals surface area contributed by atoms with E-state index in [0.717, 1.165) is 17.0 Å². The van der Waals surface area contributed by atoms with Crippen LogP contribution in [0, 0.1) is 11.8 Å². The largest absolute Gasteiger partial charge is 0.462 e. The van der Waals surface area contributed by atoms with Gasteiger partial charge in [0.15, 0.2) is 0 Å². The first-order chi connectivity index (χ1) is 21.1. The number of aliphatic hydroxyl groups excluding tert-OH is 2. The number of carbonyl (C=O) groups is 2. The zero-order valence-corrected chi connectivity index (χ0v) is 26.9. The number of aliphatic hydroxyl groups is 2. The third-order valence-electron chi connectivity index (χ3n) is 9.01. The van der Waals surface area contributed by atoms with Crippen LogP contribution in [-0.2, 0) is 25.5 Å². The van der Waals surface area contributed by atoms with Gasteiger partial charge >= 0.3 is 11.9 Å². The smallest absolute Gasteiger partial charge is 0.336 e. The van der Waals surface area contributed by atoms with Crippen LogP contribution in [-0.4, -0.2) is 47.6 Å². The molecule has 2 N–H and O–H groups in total.